The van der Waals surface area contributed by atoms with Gasteiger partial charge in [0.2, 0.25) is 0 Å². The van der Waals surface area contributed by atoms with Gasteiger partial charge in [0.15, 0.2) is 12.4 Å². The van der Waals surface area contributed by atoms with Gasteiger partial charge in [-0.05, 0) is 46.6 Å². The highest BCUT2D eigenvalue weighted by Gasteiger charge is 2.16. The van der Waals surface area contributed by atoms with Gasteiger partial charge < -0.3 is 9.84 Å². The number of aryl methyl sites for hydroxylation is 1. The van der Waals surface area contributed by atoms with Crippen LogP contribution in [0.2, 0.25) is 0 Å². The Bertz CT molecular complexity index is 886. The van der Waals surface area contributed by atoms with E-state index in [1.807, 2.05) is 0 Å². The van der Waals surface area contributed by atoms with Gasteiger partial charge in [-0.1, -0.05) is 22.0 Å². The third kappa shape index (κ3) is 5.27. The first kappa shape index (κ1) is 19.9. The molecule has 8 nitrogen and oxygen atoms in total. The first-order valence-electron chi connectivity index (χ1n) is 7.15. The van der Waals surface area contributed by atoms with Crippen molar-refractivity contribution in [3.8, 4) is 11.5 Å². The van der Waals surface area contributed by atoms with Crippen LogP contribution in [0.3, 0.4) is 0 Å². The van der Waals surface area contributed by atoms with Crippen molar-refractivity contribution in [2.75, 3.05) is 6.61 Å². The van der Waals surface area contributed by atoms with E-state index >= 15 is 0 Å². The van der Waals surface area contributed by atoms with Crippen molar-refractivity contribution < 1.29 is 19.6 Å². The van der Waals surface area contributed by atoms with Gasteiger partial charge in [-0.25, -0.2) is 5.43 Å². The lowest BCUT2D eigenvalue weighted by atomic mass is 10.2. The highest BCUT2D eigenvalue weighted by Crippen LogP contribution is 2.30. The van der Waals surface area contributed by atoms with Crippen LogP contribution in [-0.2, 0) is 4.79 Å². The van der Waals surface area contributed by atoms with Crippen LogP contribution >= 0.6 is 31.9 Å². The lowest BCUT2D eigenvalue weighted by Gasteiger charge is -2.06. The summed E-state index contributed by atoms with van der Waals surface area (Å²) in [6.07, 6.45) is 1.34. The fourth-order valence-electron chi connectivity index (χ4n) is 1.89. The van der Waals surface area contributed by atoms with Gasteiger partial charge in [0, 0.05) is 16.1 Å². The van der Waals surface area contributed by atoms with Crippen LogP contribution in [0.5, 0.6) is 11.5 Å². The molecule has 0 unspecified atom stereocenters. The Balaban J connectivity index is 1.96. The van der Waals surface area contributed by atoms with E-state index in [0.29, 0.717) is 20.1 Å². The average Bonchev–Trinajstić information content (AvgIpc) is 2.58. The highest BCUT2D eigenvalue weighted by molar-refractivity contribution is 9.11. The number of halogens is 2. The standard InChI is InChI=1S/C16H13Br2N3O5/c1-9-2-3-15(13(4-9)21(24)25)26-8-16(23)20-19-7-10-5-14(22)12(18)6-11(10)17/h2-7,22H,8H2,1H3,(H,20,23)/b19-7-. The molecule has 0 fully saturated rings. The summed E-state index contributed by atoms with van der Waals surface area (Å²) >= 11 is 6.48. The maximum absolute atomic E-state index is 11.8. The zero-order chi connectivity index (χ0) is 19.3. The number of hydrogen-bond donors (Lipinski definition) is 2. The number of carbonyl (C=O) groups excluding carboxylic acids is 1. The third-order valence-corrected chi connectivity index (χ3v) is 4.45. The number of carbonyl (C=O) groups is 1. The summed E-state index contributed by atoms with van der Waals surface area (Å²) in [5, 5.41) is 24.4. The van der Waals surface area contributed by atoms with Crippen molar-refractivity contribution in [2.45, 2.75) is 6.92 Å². The fourth-order valence-corrected chi connectivity index (χ4v) is 2.99. The van der Waals surface area contributed by atoms with Crippen molar-refractivity contribution in [2.24, 2.45) is 5.10 Å². The number of phenols is 1. The minimum atomic E-state index is -0.589. The molecule has 0 atom stereocenters. The quantitative estimate of drug-likeness (QED) is 0.367. The molecule has 0 bridgehead atoms. The second-order valence-corrected chi connectivity index (χ2v) is 6.84. The van der Waals surface area contributed by atoms with Gasteiger partial charge in [0.05, 0.1) is 15.6 Å². The molecule has 0 spiro atoms. The number of hydrogen-bond acceptors (Lipinski definition) is 6. The van der Waals surface area contributed by atoms with Gasteiger partial charge in [-0.3, -0.25) is 14.9 Å². The van der Waals surface area contributed by atoms with Crippen molar-refractivity contribution in [3.05, 3.63) is 60.5 Å². The summed E-state index contributed by atoms with van der Waals surface area (Å²) in [6, 6.07) is 7.54. The second-order valence-electron chi connectivity index (χ2n) is 5.14. The largest absolute Gasteiger partial charge is 0.507 e. The first-order chi connectivity index (χ1) is 12.3. The number of hydrazone groups is 1. The second kappa shape index (κ2) is 8.77. The molecule has 136 valence electrons. The summed E-state index contributed by atoms with van der Waals surface area (Å²) in [7, 11) is 0. The number of nitro groups is 1. The fraction of sp³-hybridized carbons (Fsp3) is 0.125. The highest BCUT2D eigenvalue weighted by atomic mass is 79.9. The Morgan fingerprint density at radius 3 is 2.77 bits per heavy atom. The van der Waals surface area contributed by atoms with Gasteiger partial charge in [0.25, 0.3) is 5.91 Å². The number of amides is 1. The Hall–Kier alpha value is -2.46. The van der Waals surface area contributed by atoms with Gasteiger partial charge in [-0.15, -0.1) is 0 Å². The molecule has 0 aliphatic rings. The Morgan fingerprint density at radius 1 is 1.35 bits per heavy atom. The zero-order valence-corrected chi connectivity index (χ0v) is 16.6. The van der Waals surface area contributed by atoms with Crippen molar-refractivity contribution >= 4 is 49.7 Å². The topological polar surface area (TPSA) is 114 Å². The van der Waals surface area contributed by atoms with Crippen LogP contribution in [0.1, 0.15) is 11.1 Å². The van der Waals surface area contributed by atoms with Gasteiger partial charge in [-0.2, -0.15) is 5.10 Å². The molecule has 0 saturated carbocycles. The summed E-state index contributed by atoms with van der Waals surface area (Å²) in [4.78, 5) is 22.2. The number of aromatic hydroxyl groups is 1. The van der Waals surface area contributed by atoms with Gasteiger partial charge >= 0.3 is 5.69 Å². The number of ether oxygens (including phenoxy) is 1. The van der Waals surface area contributed by atoms with Crippen LogP contribution in [0, 0.1) is 17.0 Å². The lowest BCUT2D eigenvalue weighted by Crippen LogP contribution is -2.24. The summed E-state index contributed by atoms with van der Waals surface area (Å²) in [6.45, 7) is 1.28. The molecule has 2 aromatic rings. The number of nitrogens with one attached hydrogen (secondary N) is 1. The van der Waals surface area contributed by atoms with E-state index in [0.717, 1.165) is 0 Å². The molecule has 0 aromatic heterocycles. The van der Waals surface area contributed by atoms with E-state index in [9.17, 15) is 20.0 Å². The van der Waals surface area contributed by atoms with Crippen LogP contribution < -0.4 is 10.2 Å². The van der Waals surface area contributed by atoms with E-state index in [1.165, 1.54) is 24.4 Å². The molecule has 2 N–H and O–H groups in total. The predicted molar refractivity (Wildman–Crippen MR) is 103 cm³/mol. The van der Waals surface area contributed by atoms with Crippen LogP contribution in [0.15, 0.2) is 44.4 Å². The molecule has 26 heavy (non-hydrogen) atoms. The Kier molecular flexibility index (Phi) is 6.70. The molecular formula is C16H13Br2N3O5. The molecule has 0 aliphatic carbocycles. The summed E-state index contributed by atoms with van der Waals surface area (Å²) in [5.41, 5.74) is 3.28. The molecule has 0 radical (unpaired) electrons. The molecule has 0 saturated heterocycles. The summed E-state index contributed by atoms with van der Waals surface area (Å²) < 4.78 is 6.37. The van der Waals surface area contributed by atoms with Crippen molar-refractivity contribution in [1.82, 2.24) is 5.43 Å². The normalized spacial score (nSPS) is 10.7. The number of rotatable bonds is 6. The maximum Gasteiger partial charge on any atom is 0.311 e. The number of nitro benzene ring substituents is 1. The minimum absolute atomic E-state index is 0.000283. The van der Waals surface area contributed by atoms with E-state index in [2.05, 4.69) is 42.4 Å². The predicted octanol–water partition coefficient (Wildman–Crippen LogP) is 3.66. The van der Waals surface area contributed by atoms with Crippen LogP contribution in [-0.4, -0.2) is 28.8 Å². The Morgan fingerprint density at radius 2 is 2.08 bits per heavy atom. The molecule has 2 rings (SSSR count). The summed E-state index contributed by atoms with van der Waals surface area (Å²) in [5.74, 6) is -0.565. The Labute approximate surface area is 165 Å². The maximum atomic E-state index is 11.8. The molecule has 10 heteroatoms. The number of benzene rings is 2. The molecule has 0 aliphatic heterocycles. The van der Waals surface area contributed by atoms with Crippen molar-refractivity contribution in [3.63, 3.8) is 0 Å². The monoisotopic (exact) mass is 485 g/mol. The van der Waals surface area contributed by atoms with Gasteiger partial charge in [0.1, 0.15) is 5.75 Å². The number of nitrogens with zero attached hydrogens (tertiary/aromatic N) is 2. The van der Waals surface area contributed by atoms with Crippen molar-refractivity contribution in [1.29, 1.82) is 0 Å². The number of phenolic OH excluding ortho intramolecular Hbond substituents is 1. The SMILES string of the molecule is Cc1ccc(OCC(=O)N/N=C\c2cc(O)c(Br)cc2Br)c([N+](=O)[O-])c1. The molecule has 2 aromatic carbocycles. The molecular weight excluding hydrogens is 474 g/mol. The molecule has 0 heterocycles. The van der Waals surface area contributed by atoms with Crippen LogP contribution in [0.25, 0.3) is 0 Å². The van der Waals surface area contributed by atoms with E-state index in [1.54, 1.807) is 19.1 Å². The minimum Gasteiger partial charge on any atom is -0.507 e. The van der Waals surface area contributed by atoms with E-state index in [4.69, 9.17) is 4.74 Å². The molecule has 1 amide bonds. The first-order valence-corrected chi connectivity index (χ1v) is 8.74. The third-order valence-electron chi connectivity index (χ3n) is 3.13. The zero-order valence-electron chi connectivity index (χ0n) is 13.4. The van der Waals surface area contributed by atoms with Crippen LogP contribution in [0.4, 0.5) is 5.69 Å². The lowest BCUT2D eigenvalue weighted by molar-refractivity contribution is -0.385. The van der Waals surface area contributed by atoms with E-state index in [-0.39, 0.29) is 17.2 Å². The van der Waals surface area contributed by atoms with E-state index < -0.39 is 17.4 Å². The average molecular weight is 487 g/mol. The smallest absolute Gasteiger partial charge is 0.311 e.